The summed E-state index contributed by atoms with van der Waals surface area (Å²) < 4.78 is 55.9. The molecule has 0 amide bonds. The Hall–Kier alpha value is -2.03. The highest BCUT2D eigenvalue weighted by molar-refractivity contribution is 8.67. The minimum absolute atomic E-state index is 0.0104. The molecule has 3 fully saturated rings. The summed E-state index contributed by atoms with van der Waals surface area (Å²) in [7, 11) is 0. The maximum absolute atomic E-state index is 16.1. The number of rotatable bonds is 2. The van der Waals surface area contributed by atoms with Crippen molar-refractivity contribution < 1.29 is 37.3 Å². The van der Waals surface area contributed by atoms with Crippen LogP contribution in [0.5, 0.6) is 0 Å². The molecule has 2 aliphatic heterocycles. The van der Waals surface area contributed by atoms with Gasteiger partial charge in [-0.3, -0.25) is 13.6 Å². The minimum atomic E-state index is -4.35. The van der Waals surface area contributed by atoms with E-state index >= 15 is 4.39 Å². The van der Waals surface area contributed by atoms with Gasteiger partial charge in [0.2, 0.25) is 5.69 Å². The first-order valence-corrected chi connectivity index (χ1v) is 19.6. The Balaban J connectivity index is 1.21. The summed E-state index contributed by atoms with van der Waals surface area (Å²) in [5.41, 5.74) is 9.17. The summed E-state index contributed by atoms with van der Waals surface area (Å²) in [6.07, 6.45) is -4.49. The summed E-state index contributed by atoms with van der Waals surface area (Å²) in [5.74, 6) is 0.0924. The molecule has 6 N–H and O–H groups in total. The molecule has 23 heteroatoms. The van der Waals surface area contributed by atoms with Crippen LogP contribution in [-0.4, -0.2) is 91.5 Å². The van der Waals surface area contributed by atoms with Crippen LogP contribution in [0.3, 0.4) is 0 Å². The standard InChI is InChI=1S/C20H23FN10O7P2S3/c21-10-15-9(35-20(10)31-6-29-12-17(23)25-4-27-19(12)31)2-43-40(34,42)38-14-7(1-8(13(14)32)36-39(33,41)37-15)30-5-28-11-16(22)24-3-26-18(11)30/h3-10,13-15,20,32H,1-2H2,(H,33,41)(H,34,42)(H2,22,24,26)(H2,23,25,27)/t7-,8+,9-,10-,13-,14+,15-,20-,39?,40?/m1/s1. The predicted molar refractivity (Wildman–Crippen MR) is 158 cm³/mol. The van der Waals surface area contributed by atoms with E-state index in [1.807, 2.05) is 0 Å². The van der Waals surface area contributed by atoms with Crippen LogP contribution in [0.2, 0.25) is 0 Å². The van der Waals surface area contributed by atoms with Gasteiger partial charge in [0, 0.05) is 12.2 Å². The molecule has 1 aliphatic carbocycles. The SMILES string of the molecule is Nc1ncnc2c1ncn2[C@@H]1C[C@@H]2OP(=O)(S)O[C@H]3[C@@H](F)[C@H](n4cnc5c(N)ncnc54)O[C@@H]3CSP(O)(=S)O[C@@H]1[C@@H]2O. The van der Waals surface area contributed by atoms with Gasteiger partial charge in [-0.05, 0) is 11.8 Å². The normalized spacial score (nSPS) is 38.6. The molecule has 230 valence electrons. The number of aliphatic hydroxyl groups is 1. The lowest BCUT2D eigenvalue weighted by molar-refractivity contribution is -0.0178. The Morgan fingerprint density at radius 2 is 1.60 bits per heavy atom. The molecule has 2 bridgehead atoms. The molecular weight excluding hydrogens is 669 g/mol. The van der Waals surface area contributed by atoms with Gasteiger partial charge >= 0.3 is 6.80 Å². The van der Waals surface area contributed by atoms with Gasteiger partial charge in [0.25, 0.3) is 0 Å². The van der Waals surface area contributed by atoms with Crippen molar-refractivity contribution in [3.63, 3.8) is 0 Å². The van der Waals surface area contributed by atoms with E-state index in [-0.39, 0.29) is 35.0 Å². The maximum atomic E-state index is 16.1. The zero-order chi connectivity index (χ0) is 30.3. The van der Waals surface area contributed by atoms with Crippen LogP contribution in [0, 0.1) is 0 Å². The Morgan fingerprint density at radius 3 is 2.28 bits per heavy atom. The fourth-order valence-corrected chi connectivity index (χ4v) is 10.9. The lowest BCUT2D eigenvalue weighted by Gasteiger charge is -2.30. The molecule has 4 aromatic rings. The number of imidazole rings is 2. The fraction of sp³-hybridized carbons (Fsp3) is 0.500. The zero-order valence-corrected chi connectivity index (χ0v) is 25.9. The first kappa shape index (κ1) is 29.7. The average Bonchev–Trinajstić information content (AvgIpc) is 3.70. The van der Waals surface area contributed by atoms with Crippen molar-refractivity contribution in [1.82, 2.24) is 39.0 Å². The van der Waals surface area contributed by atoms with E-state index in [0.29, 0.717) is 11.2 Å². The molecule has 10 atom stereocenters. The van der Waals surface area contributed by atoms with Crippen LogP contribution < -0.4 is 11.5 Å². The van der Waals surface area contributed by atoms with Crippen molar-refractivity contribution in [2.24, 2.45) is 0 Å². The Kier molecular flexibility index (Phi) is 7.45. The Labute approximate surface area is 255 Å². The number of hydrogen-bond acceptors (Lipinski definition) is 16. The number of ether oxygens (including phenoxy) is 1. The number of aromatic nitrogens is 8. The van der Waals surface area contributed by atoms with Crippen LogP contribution in [0.25, 0.3) is 22.3 Å². The van der Waals surface area contributed by atoms with Crippen molar-refractivity contribution >= 4 is 81.9 Å². The Bertz CT molecular complexity index is 1820. The smallest absolute Gasteiger partial charge is 0.386 e. The summed E-state index contributed by atoms with van der Waals surface area (Å²) in [6, 6.07) is -0.749. The van der Waals surface area contributed by atoms with E-state index in [4.69, 9.17) is 41.6 Å². The number of thiol groups is 1. The van der Waals surface area contributed by atoms with Crippen molar-refractivity contribution in [2.45, 2.75) is 55.4 Å². The van der Waals surface area contributed by atoms with E-state index in [1.165, 1.54) is 29.9 Å². The predicted octanol–water partition coefficient (Wildman–Crippen LogP) is 1.53. The maximum Gasteiger partial charge on any atom is 0.386 e. The highest BCUT2D eigenvalue weighted by atomic mass is 32.9. The van der Waals surface area contributed by atoms with Crippen LogP contribution in [0.15, 0.2) is 25.3 Å². The van der Waals surface area contributed by atoms with E-state index in [0.717, 1.165) is 11.4 Å². The third-order valence-electron chi connectivity index (χ3n) is 7.42. The number of nitrogen functional groups attached to an aromatic ring is 2. The minimum Gasteiger partial charge on any atom is -0.388 e. The van der Waals surface area contributed by atoms with Gasteiger partial charge < -0.3 is 35.3 Å². The average molecular weight is 693 g/mol. The van der Waals surface area contributed by atoms with Crippen molar-refractivity contribution in [2.75, 3.05) is 17.2 Å². The van der Waals surface area contributed by atoms with Crippen LogP contribution in [-0.2, 0) is 34.7 Å². The molecule has 0 aromatic carbocycles. The topological polar surface area (TPSA) is 234 Å². The molecule has 43 heavy (non-hydrogen) atoms. The number of nitrogens with zero attached hydrogens (tertiary/aromatic N) is 8. The first-order chi connectivity index (χ1) is 20.4. The number of anilines is 2. The molecule has 7 rings (SSSR count). The number of alkyl halides is 1. The van der Waals surface area contributed by atoms with Gasteiger partial charge in [-0.25, -0.2) is 38.9 Å². The van der Waals surface area contributed by atoms with Crippen LogP contribution >= 0.6 is 36.1 Å². The lowest BCUT2D eigenvalue weighted by atomic mass is 10.2. The van der Waals surface area contributed by atoms with E-state index in [1.54, 1.807) is 4.57 Å². The molecule has 0 spiro atoms. The highest BCUT2D eigenvalue weighted by Crippen LogP contribution is 2.64. The highest BCUT2D eigenvalue weighted by Gasteiger charge is 2.54. The second-order valence-corrected chi connectivity index (χ2v) is 19.0. The van der Waals surface area contributed by atoms with Crippen LogP contribution in [0.1, 0.15) is 18.7 Å². The summed E-state index contributed by atoms with van der Waals surface area (Å²) in [5, 5.41) is 11.3. The van der Waals surface area contributed by atoms with E-state index in [9.17, 15) is 14.6 Å². The van der Waals surface area contributed by atoms with Crippen LogP contribution in [0.4, 0.5) is 16.0 Å². The Morgan fingerprint density at radius 1 is 0.977 bits per heavy atom. The van der Waals surface area contributed by atoms with E-state index < -0.39 is 61.5 Å². The summed E-state index contributed by atoms with van der Waals surface area (Å²) in [4.78, 5) is 35.8. The van der Waals surface area contributed by atoms with Gasteiger partial charge in [0.05, 0.1) is 30.9 Å². The van der Waals surface area contributed by atoms with Gasteiger partial charge in [-0.1, -0.05) is 23.6 Å². The number of nitrogens with two attached hydrogens (primary N) is 2. The largest absolute Gasteiger partial charge is 0.388 e. The second kappa shape index (κ2) is 10.8. The monoisotopic (exact) mass is 692 g/mol. The molecule has 1 saturated carbocycles. The summed E-state index contributed by atoms with van der Waals surface area (Å²) in [6.45, 7) is -4.35. The molecule has 2 saturated heterocycles. The number of halogens is 1. The fourth-order valence-electron chi connectivity index (χ4n) is 5.51. The molecule has 6 heterocycles. The van der Waals surface area contributed by atoms with Gasteiger partial charge in [0.1, 0.15) is 42.0 Å². The first-order valence-electron chi connectivity index (χ1n) is 12.6. The zero-order valence-electron chi connectivity index (χ0n) is 21.5. The second-order valence-electron chi connectivity index (χ2n) is 9.99. The van der Waals surface area contributed by atoms with E-state index in [2.05, 4.69) is 42.2 Å². The van der Waals surface area contributed by atoms with Crippen molar-refractivity contribution in [1.29, 1.82) is 0 Å². The quantitative estimate of drug-likeness (QED) is 0.148. The van der Waals surface area contributed by atoms with Gasteiger partial charge in [-0.2, -0.15) is 0 Å². The summed E-state index contributed by atoms with van der Waals surface area (Å²) >= 11 is 10.4. The third-order valence-corrected chi connectivity index (χ3v) is 13.2. The molecule has 17 nitrogen and oxygen atoms in total. The van der Waals surface area contributed by atoms with Gasteiger partial charge in [0.15, 0.2) is 35.3 Å². The van der Waals surface area contributed by atoms with Crippen molar-refractivity contribution in [3.8, 4) is 0 Å². The molecule has 0 radical (unpaired) electrons. The molecular formula is C20H23FN10O7P2S3. The number of aliphatic hydroxyl groups excluding tert-OH is 1. The van der Waals surface area contributed by atoms with Crippen molar-refractivity contribution in [3.05, 3.63) is 25.3 Å². The number of hydrogen-bond donors (Lipinski definition) is 5. The number of fused-ring (bicyclic) bond motifs is 5. The third kappa shape index (κ3) is 5.23. The molecule has 3 aliphatic rings. The lowest BCUT2D eigenvalue weighted by Crippen LogP contribution is -2.36. The molecule has 2 unspecified atom stereocenters. The van der Waals surface area contributed by atoms with Gasteiger partial charge in [-0.15, -0.1) is 0 Å². The molecule has 4 aromatic heterocycles.